The molecule has 24 heavy (non-hydrogen) atoms. The molecule has 0 fully saturated rings. The summed E-state index contributed by atoms with van der Waals surface area (Å²) in [7, 11) is 2.87. The van der Waals surface area contributed by atoms with E-state index >= 15 is 0 Å². The summed E-state index contributed by atoms with van der Waals surface area (Å²) in [6, 6.07) is 3.65. The first-order valence-electron chi connectivity index (χ1n) is 7.00. The minimum atomic E-state index is -1.27. The van der Waals surface area contributed by atoms with Crippen LogP contribution in [0.15, 0.2) is 29.5 Å². The molecule has 1 aliphatic rings. The lowest BCUT2D eigenvalue weighted by molar-refractivity contribution is -0.144. The highest BCUT2D eigenvalue weighted by molar-refractivity contribution is 6.08. The monoisotopic (exact) mass is 335 g/mol. The quantitative estimate of drug-likeness (QED) is 0.799. The summed E-state index contributed by atoms with van der Waals surface area (Å²) in [6.07, 6.45) is 0. The van der Waals surface area contributed by atoms with Crippen molar-refractivity contribution >= 4 is 17.7 Å². The minimum absolute atomic E-state index is 0.162. The van der Waals surface area contributed by atoms with E-state index in [0.29, 0.717) is 17.1 Å². The van der Waals surface area contributed by atoms with Gasteiger partial charge in [0.25, 0.3) is 5.91 Å². The summed E-state index contributed by atoms with van der Waals surface area (Å²) < 4.78 is 10.4. The fourth-order valence-corrected chi connectivity index (χ4v) is 2.69. The van der Waals surface area contributed by atoms with E-state index in [1.807, 2.05) is 0 Å². The van der Waals surface area contributed by atoms with Gasteiger partial charge < -0.3 is 24.6 Å². The molecule has 8 nitrogen and oxygen atoms in total. The average Bonchev–Trinajstić information content (AvgIpc) is 2.78. The molecule has 0 aliphatic carbocycles. The molecule has 0 bridgehead atoms. The number of ketones is 1. The third kappa shape index (κ3) is 2.90. The van der Waals surface area contributed by atoms with E-state index in [1.54, 1.807) is 18.2 Å². The number of methoxy groups -OCH3 is 2. The fourth-order valence-electron chi connectivity index (χ4n) is 2.69. The summed E-state index contributed by atoms with van der Waals surface area (Å²) in [5, 5.41) is 19.1. The zero-order chi connectivity index (χ0) is 18.0. The summed E-state index contributed by atoms with van der Waals surface area (Å²) in [4.78, 5) is 36.1. The first-order chi connectivity index (χ1) is 11.3. The Morgan fingerprint density at radius 3 is 2.42 bits per heavy atom. The summed E-state index contributed by atoms with van der Waals surface area (Å²) in [5.41, 5.74) is 0.215. The Kier molecular flexibility index (Phi) is 4.77. The molecule has 0 saturated heterocycles. The number of ether oxygens (including phenoxy) is 2. The minimum Gasteiger partial charge on any atom is -0.503 e. The summed E-state index contributed by atoms with van der Waals surface area (Å²) >= 11 is 0. The smallest absolute Gasteiger partial charge is 0.323 e. The molecule has 2 rings (SSSR count). The van der Waals surface area contributed by atoms with Crippen molar-refractivity contribution in [1.82, 2.24) is 4.90 Å². The van der Waals surface area contributed by atoms with Crippen LogP contribution in [0.5, 0.6) is 11.5 Å². The predicted molar refractivity (Wildman–Crippen MR) is 82.0 cm³/mol. The number of carbonyl (C=O) groups excluding carboxylic acids is 2. The molecule has 0 spiro atoms. The SMILES string of the molecule is COc1ccc([C@H]2C(C(C)=O)=C(O)C(=O)N2CC(=O)O)c(OC)c1. The molecule has 2 N–H and O–H groups in total. The second-order valence-corrected chi connectivity index (χ2v) is 5.16. The number of aliphatic hydroxyl groups is 1. The lowest BCUT2D eigenvalue weighted by Crippen LogP contribution is -2.35. The number of hydrogen-bond acceptors (Lipinski definition) is 6. The van der Waals surface area contributed by atoms with Crippen molar-refractivity contribution in [3.05, 3.63) is 35.1 Å². The van der Waals surface area contributed by atoms with Crippen LogP contribution in [0.2, 0.25) is 0 Å². The zero-order valence-electron chi connectivity index (χ0n) is 13.4. The Hall–Kier alpha value is -3.03. The van der Waals surface area contributed by atoms with E-state index < -0.39 is 36.0 Å². The van der Waals surface area contributed by atoms with Gasteiger partial charge in [0.1, 0.15) is 18.0 Å². The van der Waals surface area contributed by atoms with Crippen LogP contribution >= 0.6 is 0 Å². The number of carbonyl (C=O) groups is 3. The first kappa shape index (κ1) is 17.3. The standard InChI is InChI=1S/C16H17NO7/c1-8(18)13-14(17(7-12(19)20)16(22)15(13)21)10-5-4-9(23-2)6-11(10)24-3/h4-6,14,21H,7H2,1-3H3,(H,19,20)/t14-/m0/s1. The number of amides is 1. The van der Waals surface area contributed by atoms with E-state index in [-0.39, 0.29) is 5.57 Å². The predicted octanol–water partition coefficient (Wildman–Crippen LogP) is 1.07. The molecule has 0 aromatic heterocycles. The summed E-state index contributed by atoms with van der Waals surface area (Å²) in [6.45, 7) is 0.533. The number of rotatable bonds is 6. The second kappa shape index (κ2) is 6.61. The largest absolute Gasteiger partial charge is 0.503 e. The Morgan fingerprint density at radius 2 is 1.92 bits per heavy atom. The van der Waals surface area contributed by atoms with Crippen molar-refractivity contribution in [2.45, 2.75) is 13.0 Å². The van der Waals surface area contributed by atoms with E-state index in [1.165, 1.54) is 21.1 Å². The fraction of sp³-hybridized carbons (Fsp3) is 0.312. The normalized spacial score (nSPS) is 17.2. The molecule has 0 unspecified atom stereocenters. The van der Waals surface area contributed by atoms with Crippen LogP contribution in [-0.2, 0) is 14.4 Å². The molecular formula is C16H17NO7. The molecule has 0 saturated carbocycles. The Morgan fingerprint density at radius 1 is 1.25 bits per heavy atom. The van der Waals surface area contributed by atoms with Gasteiger partial charge in [-0.25, -0.2) is 0 Å². The van der Waals surface area contributed by atoms with Gasteiger partial charge in [-0.2, -0.15) is 0 Å². The lowest BCUT2D eigenvalue weighted by Gasteiger charge is -2.26. The van der Waals surface area contributed by atoms with Gasteiger partial charge in [0.2, 0.25) is 0 Å². The topological polar surface area (TPSA) is 113 Å². The number of hydrogen-bond donors (Lipinski definition) is 2. The van der Waals surface area contributed by atoms with Crippen LogP contribution < -0.4 is 9.47 Å². The van der Waals surface area contributed by atoms with Crippen molar-refractivity contribution in [2.75, 3.05) is 20.8 Å². The van der Waals surface area contributed by atoms with Crippen LogP contribution in [0.1, 0.15) is 18.5 Å². The maximum absolute atomic E-state index is 12.2. The Bertz CT molecular complexity index is 738. The third-order valence-electron chi connectivity index (χ3n) is 3.72. The molecule has 1 amide bonds. The number of aliphatic hydroxyl groups excluding tert-OH is 1. The molecule has 1 atom stereocenters. The van der Waals surface area contributed by atoms with Crippen LogP contribution in [0.3, 0.4) is 0 Å². The number of Topliss-reactive ketones (excluding diaryl/α,β-unsaturated/α-hetero) is 1. The molecule has 1 aromatic carbocycles. The molecule has 128 valence electrons. The van der Waals surface area contributed by atoms with Gasteiger partial charge in [-0.15, -0.1) is 0 Å². The maximum atomic E-state index is 12.2. The third-order valence-corrected chi connectivity index (χ3v) is 3.72. The van der Waals surface area contributed by atoms with Crippen LogP contribution in [0, 0.1) is 0 Å². The van der Waals surface area contributed by atoms with Crippen molar-refractivity contribution in [3.8, 4) is 11.5 Å². The zero-order valence-corrected chi connectivity index (χ0v) is 13.4. The van der Waals surface area contributed by atoms with Gasteiger partial charge in [0.15, 0.2) is 11.5 Å². The van der Waals surface area contributed by atoms with Gasteiger partial charge in [0.05, 0.1) is 25.8 Å². The highest BCUT2D eigenvalue weighted by Crippen LogP contribution is 2.42. The highest BCUT2D eigenvalue weighted by Gasteiger charge is 2.44. The Labute approximate surface area is 137 Å². The molecule has 0 radical (unpaired) electrons. The highest BCUT2D eigenvalue weighted by atomic mass is 16.5. The molecule has 1 aliphatic heterocycles. The molecule has 1 aromatic rings. The van der Waals surface area contributed by atoms with Crippen LogP contribution in [0.4, 0.5) is 0 Å². The van der Waals surface area contributed by atoms with E-state index in [9.17, 15) is 19.5 Å². The molecular weight excluding hydrogens is 318 g/mol. The molecule has 8 heteroatoms. The van der Waals surface area contributed by atoms with Crippen molar-refractivity contribution in [3.63, 3.8) is 0 Å². The maximum Gasteiger partial charge on any atom is 0.323 e. The van der Waals surface area contributed by atoms with E-state index in [0.717, 1.165) is 4.90 Å². The number of nitrogens with zero attached hydrogens (tertiary/aromatic N) is 1. The number of benzene rings is 1. The van der Waals surface area contributed by atoms with Crippen molar-refractivity contribution in [1.29, 1.82) is 0 Å². The van der Waals surface area contributed by atoms with E-state index in [4.69, 9.17) is 14.6 Å². The van der Waals surface area contributed by atoms with E-state index in [2.05, 4.69) is 0 Å². The summed E-state index contributed by atoms with van der Waals surface area (Å²) in [5.74, 6) is -2.66. The number of carboxylic acid groups (broad SMARTS) is 1. The number of carboxylic acids is 1. The number of aliphatic carboxylic acids is 1. The van der Waals surface area contributed by atoms with Crippen molar-refractivity contribution < 1.29 is 34.1 Å². The lowest BCUT2D eigenvalue weighted by atomic mass is 9.95. The molecule has 1 heterocycles. The van der Waals surface area contributed by atoms with Gasteiger partial charge in [-0.3, -0.25) is 14.4 Å². The van der Waals surface area contributed by atoms with Crippen LogP contribution in [-0.4, -0.2) is 53.5 Å². The second-order valence-electron chi connectivity index (χ2n) is 5.16. The average molecular weight is 335 g/mol. The van der Waals surface area contributed by atoms with Gasteiger partial charge >= 0.3 is 5.97 Å². The van der Waals surface area contributed by atoms with Crippen molar-refractivity contribution in [2.24, 2.45) is 0 Å². The Balaban J connectivity index is 2.63. The van der Waals surface area contributed by atoms with Crippen LogP contribution in [0.25, 0.3) is 0 Å². The first-order valence-corrected chi connectivity index (χ1v) is 7.00. The van der Waals surface area contributed by atoms with Gasteiger partial charge in [-0.05, 0) is 19.1 Å². The van der Waals surface area contributed by atoms with Gasteiger partial charge in [-0.1, -0.05) is 0 Å². The van der Waals surface area contributed by atoms with Gasteiger partial charge in [0, 0.05) is 11.6 Å².